The first-order valence-electron chi connectivity index (χ1n) is 6.51. The Bertz CT molecular complexity index is 946. The molecular weight excluding hydrogens is 305 g/mol. The summed E-state index contributed by atoms with van der Waals surface area (Å²) < 4.78 is 14.8. The van der Waals surface area contributed by atoms with Gasteiger partial charge in [-0.2, -0.15) is 0 Å². The molecule has 0 atom stereocenters. The molecule has 3 rings (SSSR count). The van der Waals surface area contributed by atoms with Crippen LogP contribution in [0.4, 0.5) is 10.1 Å². The molecule has 0 radical (unpaired) electrons. The van der Waals surface area contributed by atoms with Crippen LogP contribution in [-0.2, 0) is 0 Å². The fourth-order valence-electron chi connectivity index (χ4n) is 2.02. The Kier molecular flexibility index (Phi) is 3.50. The van der Waals surface area contributed by atoms with Gasteiger partial charge in [0, 0.05) is 23.0 Å². The third kappa shape index (κ3) is 2.50. The average Bonchev–Trinajstić information content (AvgIpc) is 2.85. The number of hydrogen-bond donors (Lipinski definition) is 1. The molecule has 0 unspecified atom stereocenters. The number of fused-ring (bicyclic) bond motifs is 1. The second-order valence-electron chi connectivity index (χ2n) is 4.89. The van der Waals surface area contributed by atoms with Crippen LogP contribution in [0, 0.1) is 19.7 Å². The summed E-state index contributed by atoms with van der Waals surface area (Å²) in [7, 11) is 0. The number of halogens is 1. The normalized spacial score (nSPS) is 10.9. The summed E-state index contributed by atoms with van der Waals surface area (Å²) in [6.45, 7) is 3.48. The van der Waals surface area contributed by atoms with Gasteiger partial charge in [0.1, 0.15) is 11.4 Å². The highest BCUT2D eigenvalue weighted by atomic mass is 32.1. The molecule has 2 heterocycles. The number of carbonyl (C=O) groups is 1. The minimum atomic E-state index is -0.612. The summed E-state index contributed by atoms with van der Waals surface area (Å²) in [4.78, 5) is 30.0. The highest BCUT2D eigenvalue weighted by Gasteiger charge is 2.15. The quantitative estimate of drug-likeness (QED) is 0.790. The molecule has 7 heteroatoms. The minimum absolute atomic E-state index is 0.0868. The number of aryl methyl sites for hydroxylation is 2. The van der Waals surface area contributed by atoms with Crippen molar-refractivity contribution in [3.05, 3.63) is 62.8 Å². The number of benzene rings is 1. The van der Waals surface area contributed by atoms with Gasteiger partial charge in [-0.05, 0) is 31.5 Å². The van der Waals surface area contributed by atoms with E-state index in [2.05, 4.69) is 10.3 Å². The zero-order valence-electron chi connectivity index (χ0n) is 11.9. The van der Waals surface area contributed by atoms with E-state index < -0.39 is 17.3 Å². The second kappa shape index (κ2) is 5.34. The van der Waals surface area contributed by atoms with E-state index in [0.717, 1.165) is 4.88 Å². The lowest BCUT2D eigenvalue weighted by molar-refractivity contribution is 0.102. The summed E-state index contributed by atoms with van der Waals surface area (Å²) in [5.41, 5.74) is 0.240. The Hall–Kier alpha value is -2.54. The topological polar surface area (TPSA) is 63.5 Å². The number of hydrogen-bond acceptors (Lipinski definition) is 4. The van der Waals surface area contributed by atoms with Crippen LogP contribution in [0.15, 0.2) is 35.4 Å². The molecular formula is C15H12FN3O2S. The molecule has 0 bridgehead atoms. The van der Waals surface area contributed by atoms with Gasteiger partial charge in [-0.15, -0.1) is 11.3 Å². The fraction of sp³-hybridized carbons (Fsp3) is 0.133. The number of thiazole rings is 1. The molecule has 1 amide bonds. The van der Waals surface area contributed by atoms with E-state index in [1.54, 1.807) is 25.3 Å². The van der Waals surface area contributed by atoms with E-state index in [0.29, 0.717) is 16.2 Å². The summed E-state index contributed by atoms with van der Waals surface area (Å²) in [5.74, 6) is -1.03. The monoisotopic (exact) mass is 317 g/mol. The summed E-state index contributed by atoms with van der Waals surface area (Å²) in [6.07, 6.45) is 2.88. The molecule has 0 saturated carbocycles. The number of anilines is 1. The zero-order valence-corrected chi connectivity index (χ0v) is 12.7. The van der Waals surface area contributed by atoms with Crippen molar-refractivity contribution >= 4 is 27.9 Å². The zero-order chi connectivity index (χ0) is 15.9. The second-order valence-corrected chi connectivity index (χ2v) is 6.10. The highest BCUT2D eigenvalue weighted by molar-refractivity contribution is 7.16. The fourth-order valence-corrected chi connectivity index (χ4v) is 2.81. The van der Waals surface area contributed by atoms with Gasteiger partial charge in [0.2, 0.25) is 0 Å². The van der Waals surface area contributed by atoms with Crippen molar-refractivity contribution in [3.8, 4) is 0 Å². The van der Waals surface area contributed by atoms with Crippen molar-refractivity contribution in [1.29, 1.82) is 0 Å². The van der Waals surface area contributed by atoms with Gasteiger partial charge in [-0.25, -0.2) is 9.37 Å². The lowest BCUT2D eigenvalue weighted by atomic mass is 10.2. The van der Waals surface area contributed by atoms with Gasteiger partial charge in [0.15, 0.2) is 4.96 Å². The number of aromatic nitrogens is 2. The number of nitrogens with zero attached hydrogens (tertiary/aromatic N) is 2. The Morgan fingerprint density at radius 1 is 1.36 bits per heavy atom. The predicted octanol–water partition coefficient (Wildman–Crippen LogP) is 2.76. The van der Waals surface area contributed by atoms with E-state index in [9.17, 15) is 14.0 Å². The van der Waals surface area contributed by atoms with Gasteiger partial charge in [-0.1, -0.05) is 6.07 Å². The Balaban J connectivity index is 1.96. The van der Waals surface area contributed by atoms with Crippen molar-refractivity contribution in [3.63, 3.8) is 0 Å². The van der Waals surface area contributed by atoms with Gasteiger partial charge < -0.3 is 5.32 Å². The highest BCUT2D eigenvalue weighted by Crippen LogP contribution is 2.15. The molecule has 1 N–H and O–H groups in total. The van der Waals surface area contributed by atoms with Gasteiger partial charge in [0.05, 0.1) is 0 Å². The maximum atomic E-state index is 13.5. The molecule has 2 aromatic heterocycles. The van der Waals surface area contributed by atoms with Crippen LogP contribution >= 0.6 is 11.3 Å². The minimum Gasteiger partial charge on any atom is -0.322 e. The smallest absolute Gasteiger partial charge is 0.271 e. The van der Waals surface area contributed by atoms with E-state index in [1.165, 1.54) is 28.0 Å². The van der Waals surface area contributed by atoms with Gasteiger partial charge in [-0.3, -0.25) is 14.0 Å². The summed E-state index contributed by atoms with van der Waals surface area (Å²) in [6, 6.07) is 4.35. The van der Waals surface area contributed by atoms with E-state index in [4.69, 9.17) is 0 Å². The molecule has 0 aliphatic heterocycles. The largest absolute Gasteiger partial charge is 0.322 e. The van der Waals surface area contributed by atoms with Crippen molar-refractivity contribution in [2.24, 2.45) is 0 Å². The van der Waals surface area contributed by atoms with Crippen LogP contribution in [0.3, 0.4) is 0 Å². The van der Waals surface area contributed by atoms with Crippen molar-refractivity contribution in [2.45, 2.75) is 13.8 Å². The van der Waals surface area contributed by atoms with E-state index >= 15 is 0 Å². The van der Waals surface area contributed by atoms with Crippen LogP contribution in [0.1, 0.15) is 20.8 Å². The molecule has 0 aliphatic carbocycles. The van der Waals surface area contributed by atoms with Crippen LogP contribution in [-0.4, -0.2) is 15.3 Å². The van der Waals surface area contributed by atoms with Crippen LogP contribution < -0.4 is 10.9 Å². The first kappa shape index (κ1) is 14.4. The molecule has 0 aliphatic rings. The van der Waals surface area contributed by atoms with Crippen molar-refractivity contribution in [2.75, 3.05) is 5.32 Å². The third-order valence-corrected chi connectivity index (χ3v) is 4.11. The SMILES string of the molecule is Cc1cn2c(=O)c(C(=O)Nc3ccc(C)c(F)c3)cnc2s1. The average molecular weight is 317 g/mol. The maximum absolute atomic E-state index is 13.5. The molecule has 1 aromatic carbocycles. The summed E-state index contributed by atoms with van der Waals surface area (Å²) >= 11 is 1.36. The standard InChI is InChI=1S/C15H12FN3O2S/c1-8-3-4-10(5-12(8)16)18-13(20)11-6-17-15-19(14(11)21)7-9(2)22-15/h3-7H,1-2H3,(H,18,20). The molecule has 22 heavy (non-hydrogen) atoms. The van der Waals surface area contributed by atoms with Crippen LogP contribution in [0.2, 0.25) is 0 Å². The van der Waals surface area contributed by atoms with Gasteiger partial charge >= 0.3 is 0 Å². The van der Waals surface area contributed by atoms with Gasteiger partial charge in [0.25, 0.3) is 11.5 Å². The first-order chi connectivity index (χ1) is 10.5. The molecule has 5 nitrogen and oxygen atoms in total. The van der Waals surface area contributed by atoms with Crippen molar-refractivity contribution in [1.82, 2.24) is 9.38 Å². The van der Waals surface area contributed by atoms with Crippen LogP contribution in [0.25, 0.3) is 4.96 Å². The number of nitrogens with one attached hydrogen (secondary N) is 1. The molecule has 3 aromatic rings. The van der Waals surface area contributed by atoms with E-state index in [1.807, 2.05) is 6.92 Å². The number of carbonyl (C=O) groups excluding carboxylic acids is 1. The maximum Gasteiger partial charge on any atom is 0.271 e. The summed E-state index contributed by atoms with van der Waals surface area (Å²) in [5, 5.41) is 2.51. The lowest BCUT2D eigenvalue weighted by Crippen LogP contribution is -2.25. The number of amides is 1. The Morgan fingerprint density at radius 2 is 2.14 bits per heavy atom. The third-order valence-electron chi connectivity index (χ3n) is 3.20. The Labute approximate surface area is 129 Å². The van der Waals surface area contributed by atoms with Crippen LogP contribution in [0.5, 0.6) is 0 Å². The molecule has 0 fully saturated rings. The molecule has 0 saturated heterocycles. The predicted molar refractivity (Wildman–Crippen MR) is 83.2 cm³/mol. The molecule has 112 valence electrons. The number of rotatable bonds is 2. The first-order valence-corrected chi connectivity index (χ1v) is 7.32. The van der Waals surface area contributed by atoms with Crippen molar-refractivity contribution < 1.29 is 9.18 Å². The van der Waals surface area contributed by atoms with E-state index in [-0.39, 0.29) is 5.56 Å². The Morgan fingerprint density at radius 3 is 2.86 bits per heavy atom. The molecule has 0 spiro atoms. The lowest BCUT2D eigenvalue weighted by Gasteiger charge is -2.06.